The van der Waals surface area contributed by atoms with Gasteiger partial charge in [0.2, 0.25) is 0 Å². The molecule has 98 valence electrons. The molecule has 6 heteroatoms. The maximum atomic E-state index is 6.13. The number of rotatable bonds is 1. The first-order valence-corrected chi connectivity index (χ1v) is 8.02. The maximum absolute atomic E-state index is 6.13. The van der Waals surface area contributed by atoms with Gasteiger partial charge in [0.25, 0.3) is 0 Å². The number of nitrogens with zero attached hydrogens (tertiary/aromatic N) is 1. The molecule has 2 aliphatic heterocycles. The lowest BCUT2D eigenvalue weighted by atomic mass is 9.92. The maximum Gasteiger partial charge on any atom is 0.169 e. The first kappa shape index (κ1) is 12.3. The van der Waals surface area contributed by atoms with Crippen molar-refractivity contribution in [2.45, 2.75) is 38.0 Å². The molecular formula is C12H17N3OS2. The van der Waals surface area contributed by atoms with Crippen LogP contribution in [0.25, 0.3) is 0 Å². The van der Waals surface area contributed by atoms with E-state index >= 15 is 0 Å². The lowest BCUT2D eigenvalue weighted by Gasteiger charge is -2.30. The summed E-state index contributed by atoms with van der Waals surface area (Å²) >= 11 is 3.41. The summed E-state index contributed by atoms with van der Waals surface area (Å²) in [7, 11) is 0. The van der Waals surface area contributed by atoms with Crippen LogP contribution in [0.4, 0.5) is 5.00 Å². The van der Waals surface area contributed by atoms with E-state index in [-0.39, 0.29) is 11.1 Å². The second kappa shape index (κ2) is 4.15. The van der Waals surface area contributed by atoms with Crippen molar-refractivity contribution in [2.24, 2.45) is 10.7 Å². The Kier molecular flexibility index (Phi) is 2.84. The van der Waals surface area contributed by atoms with Gasteiger partial charge in [0.05, 0.1) is 17.8 Å². The van der Waals surface area contributed by atoms with Gasteiger partial charge < -0.3 is 15.8 Å². The van der Waals surface area contributed by atoms with Gasteiger partial charge in [0.1, 0.15) is 10.8 Å². The lowest BCUT2D eigenvalue weighted by molar-refractivity contribution is -0.0383. The number of thioether (sulfide) groups is 1. The molecular weight excluding hydrogens is 266 g/mol. The Bertz CT molecular complexity index is 522. The third kappa shape index (κ3) is 1.92. The zero-order valence-corrected chi connectivity index (χ0v) is 12.4. The molecule has 1 aromatic heterocycles. The van der Waals surface area contributed by atoms with Crippen LogP contribution >= 0.6 is 23.1 Å². The van der Waals surface area contributed by atoms with Crippen molar-refractivity contribution in [1.82, 2.24) is 0 Å². The Morgan fingerprint density at radius 3 is 3.06 bits per heavy atom. The lowest BCUT2D eigenvalue weighted by Crippen LogP contribution is -2.33. The van der Waals surface area contributed by atoms with Crippen molar-refractivity contribution in [2.75, 3.05) is 11.6 Å². The predicted octanol–water partition coefficient (Wildman–Crippen LogP) is 2.38. The summed E-state index contributed by atoms with van der Waals surface area (Å²) in [4.78, 5) is 5.77. The molecule has 0 aromatic carbocycles. The zero-order valence-electron chi connectivity index (χ0n) is 10.7. The molecule has 4 nitrogen and oxygen atoms in total. The van der Waals surface area contributed by atoms with Crippen LogP contribution in [0.5, 0.6) is 0 Å². The topological polar surface area (TPSA) is 59.6 Å². The third-order valence-corrected chi connectivity index (χ3v) is 5.08. The van der Waals surface area contributed by atoms with Crippen molar-refractivity contribution in [3.05, 3.63) is 16.0 Å². The van der Waals surface area contributed by atoms with Crippen LogP contribution in [-0.2, 0) is 17.8 Å². The normalized spacial score (nSPS) is 24.8. The van der Waals surface area contributed by atoms with Crippen LogP contribution < -0.4 is 11.1 Å². The number of hydrogen-bond acceptors (Lipinski definition) is 6. The molecule has 3 heterocycles. The van der Waals surface area contributed by atoms with Crippen LogP contribution in [0.2, 0.25) is 0 Å². The molecule has 0 amide bonds. The van der Waals surface area contributed by atoms with Gasteiger partial charge in [-0.2, -0.15) is 0 Å². The van der Waals surface area contributed by atoms with Gasteiger partial charge in [0, 0.05) is 11.3 Å². The van der Waals surface area contributed by atoms with Crippen LogP contribution in [-0.4, -0.2) is 23.2 Å². The smallest absolute Gasteiger partial charge is 0.169 e. The van der Waals surface area contributed by atoms with Crippen LogP contribution in [0.15, 0.2) is 4.99 Å². The van der Waals surface area contributed by atoms with Crippen LogP contribution in [0.1, 0.15) is 29.9 Å². The Labute approximate surface area is 115 Å². The molecule has 0 saturated carbocycles. The van der Waals surface area contributed by atoms with Gasteiger partial charge in [-0.25, -0.2) is 4.99 Å². The summed E-state index contributed by atoms with van der Waals surface area (Å²) in [5, 5.41) is 4.57. The highest BCUT2D eigenvalue weighted by atomic mass is 32.2. The summed E-state index contributed by atoms with van der Waals surface area (Å²) in [5.41, 5.74) is 8.48. The fraction of sp³-hybridized carbons (Fsp3) is 0.583. The largest absolute Gasteiger partial charge is 0.383 e. The molecule has 1 atom stereocenters. The highest BCUT2D eigenvalue weighted by molar-refractivity contribution is 7.99. The average molecular weight is 283 g/mol. The number of aliphatic imine (C=N–C) groups is 1. The monoisotopic (exact) mass is 283 g/mol. The van der Waals surface area contributed by atoms with E-state index in [1.807, 2.05) is 6.26 Å². The highest BCUT2D eigenvalue weighted by Crippen LogP contribution is 2.42. The molecule has 1 unspecified atom stereocenters. The highest BCUT2D eigenvalue weighted by Gasteiger charge is 2.34. The van der Waals surface area contributed by atoms with E-state index in [1.54, 1.807) is 23.1 Å². The number of thiophene rings is 1. The van der Waals surface area contributed by atoms with E-state index in [2.05, 4.69) is 24.2 Å². The van der Waals surface area contributed by atoms with Crippen LogP contribution in [0.3, 0.4) is 0 Å². The third-order valence-electron chi connectivity index (χ3n) is 3.28. The second-order valence-electron chi connectivity index (χ2n) is 5.18. The summed E-state index contributed by atoms with van der Waals surface area (Å²) < 4.78 is 5.85. The van der Waals surface area contributed by atoms with Gasteiger partial charge in [-0.1, -0.05) is 0 Å². The van der Waals surface area contributed by atoms with E-state index in [4.69, 9.17) is 10.5 Å². The molecule has 3 rings (SSSR count). The minimum Gasteiger partial charge on any atom is -0.383 e. The van der Waals surface area contributed by atoms with Crippen molar-refractivity contribution >= 4 is 33.9 Å². The molecule has 0 radical (unpaired) electrons. The van der Waals surface area contributed by atoms with Crippen molar-refractivity contribution < 1.29 is 4.74 Å². The molecule has 0 bridgehead atoms. The number of fused-ring (bicyclic) bond motifs is 3. The van der Waals surface area contributed by atoms with E-state index in [0.717, 1.165) is 17.0 Å². The fourth-order valence-electron chi connectivity index (χ4n) is 2.37. The first-order chi connectivity index (χ1) is 8.50. The van der Waals surface area contributed by atoms with Crippen molar-refractivity contribution in [3.8, 4) is 0 Å². The van der Waals surface area contributed by atoms with Crippen LogP contribution in [0, 0.1) is 0 Å². The second-order valence-corrected chi connectivity index (χ2v) is 7.20. The Balaban J connectivity index is 2.06. The molecule has 0 saturated heterocycles. The number of amidine groups is 1. The molecule has 18 heavy (non-hydrogen) atoms. The molecule has 0 spiro atoms. The SMILES string of the molecule is CSC1N=C(N)c2c(sc3c2CC(C)(C)OC3)N1. The van der Waals surface area contributed by atoms with E-state index < -0.39 is 0 Å². The standard InChI is InChI=1S/C12H17N3OS2/c1-12(2)4-6-7(5-16-12)18-10-8(6)9(13)14-11(15-10)17-3/h11,15H,4-5H2,1-3H3,(H2,13,14). The molecule has 1 aromatic rings. The molecule has 2 aliphatic rings. The number of nitrogens with one attached hydrogen (secondary N) is 1. The van der Waals surface area contributed by atoms with Gasteiger partial charge in [-0.05, 0) is 25.7 Å². The summed E-state index contributed by atoms with van der Waals surface area (Å²) in [6, 6.07) is 0. The average Bonchev–Trinajstić information content (AvgIpc) is 2.65. The predicted molar refractivity (Wildman–Crippen MR) is 78.5 cm³/mol. The quantitative estimate of drug-likeness (QED) is 0.831. The van der Waals surface area contributed by atoms with E-state index in [1.165, 1.54) is 10.4 Å². The molecule has 3 N–H and O–H groups in total. The van der Waals surface area contributed by atoms with Crippen molar-refractivity contribution in [1.29, 1.82) is 0 Å². The van der Waals surface area contributed by atoms with Gasteiger partial charge >= 0.3 is 0 Å². The number of anilines is 1. The summed E-state index contributed by atoms with van der Waals surface area (Å²) in [6.07, 6.45) is 2.93. The number of nitrogens with two attached hydrogens (primary N) is 1. The minimum atomic E-state index is -0.113. The zero-order chi connectivity index (χ0) is 12.9. The summed E-state index contributed by atoms with van der Waals surface area (Å²) in [5.74, 6) is 0.665. The Hall–Kier alpha value is -0.720. The number of hydrogen-bond donors (Lipinski definition) is 2. The molecule has 0 fully saturated rings. The van der Waals surface area contributed by atoms with Crippen molar-refractivity contribution in [3.63, 3.8) is 0 Å². The van der Waals surface area contributed by atoms with E-state index in [0.29, 0.717) is 12.4 Å². The van der Waals surface area contributed by atoms with Gasteiger partial charge in [-0.15, -0.1) is 23.1 Å². The number of ether oxygens (including phenoxy) is 1. The first-order valence-electron chi connectivity index (χ1n) is 5.91. The van der Waals surface area contributed by atoms with Gasteiger partial charge in [-0.3, -0.25) is 0 Å². The fourth-order valence-corrected chi connectivity index (χ4v) is 4.06. The Morgan fingerprint density at radius 2 is 2.33 bits per heavy atom. The summed E-state index contributed by atoms with van der Waals surface area (Å²) in [6.45, 7) is 4.92. The molecule has 0 aliphatic carbocycles. The minimum absolute atomic E-state index is 0.0338. The van der Waals surface area contributed by atoms with E-state index in [9.17, 15) is 0 Å². The van der Waals surface area contributed by atoms with Gasteiger partial charge in [0.15, 0.2) is 5.50 Å². The Morgan fingerprint density at radius 1 is 1.56 bits per heavy atom.